The first kappa shape index (κ1) is 25.0. The average Bonchev–Trinajstić information content (AvgIpc) is 2.97. The van der Waals surface area contributed by atoms with Gasteiger partial charge in [0.15, 0.2) is 0 Å². The highest BCUT2D eigenvalue weighted by molar-refractivity contribution is 5.67. The van der Waals surface area contributed by atoms with Gasteiger partial charge in [-0.05, 0) is 39.2 Å². The summed E-state index contributed by atoms with van der Waals surface area (Å²) in [6.45, 7) is 7.81. The summed E-state index contributed by atoms with van der Waals surface area (Å²) in [5.41, 5.74) is -0.0575. The molecular formula is C23H43NO4. The van der Waals surface area contributed by atoms with Crippen molar-refractivity contribution in [2.45, 2.75) is 123 Å². The van der Waals surface area contributed by atoms with Crippen molar-refractivity contribution < 1.29 is 19.7 Å². The van der Waals surface area contributed by atoms with Gasteiger partial charge >= 0.3 is 6.09 Å². The summed E-state index contributed by atoms with van der Waals surface area (Å²) in [6.07, 6.45) is 15.6. The highest BCUT2D eigenvalue weighted by Crippen LogP contribution is 2.30. The fraction of sp³-hybridized carbons (Fsp3) is 0.870. The third-order valence-corrected chi connectivity index (χ3v) is 5.83. The van der Waals surface area contributed by atoms with Crippen molar-refractivity contribution in [1.29, 1.82) is 0 Å². The molecule has 0 aromatic rings. The minimum atomic E-state index is -1.05. The van der Waals surface area contributed by atoms with Gasteiger partial charge in [0, 0.05) is 0 Å². The number of aliphatic hydroxyl groups is 1. The largest absolute Gasteiger partial charge is 0.465 e. The first-order chi connectivity index (χ1) is 13.3. The molecule has 5 heteroatoms. The number of unbranched alkanes of at least 4 members (excludes halogenated alkanes) is 11. The quantitative estimate of drug-likeness (QED) is 0.274. The second-order valence-electron chi connectivity index (χ2n) is 8.69. The summed E-state index contributed by atoms with van der Waals surface area (Å²) in [5.74, 6) is 0. The molecule has 1 aliphatic rings. The summed E-state index contributed by atoms with van der Waals surface area (Å²) < 4.78 is 5.57. The lowest BCUT2D eigenvalue weighted by Crippen LogP contribution is -2.51. The Kier molecular flexibility index (Phi) is 11.8. The molecule has 0 spiro atoms. The Morgan fingerprint density at radius 3 is 2.07 bits per heavy atom. The third-order valence-electron chi connectivity index (χ3n) is 5.83. The van der Waals surface area contributed by atoms with Gasteiger partial charge < -0.3 is 14.9 Å². The van der Waals surface area contributed by atoms with Gasteiger partial charge in [0.25, 0.3) is 0 Å². The summed E-state index contributed by atoms with van der Waals surface area (Å²) >= 11 is 0. The van der Waals surface area contributed by atoms with Crippen LogP contribution in [-0.2, 0) is 4.74 Å². The van der Waals surface area contributed by atoms with E-state index in [0.29, 0.717) is 0 Å². The molecule has 0 aromatic carbocycles. The minimum Gasteiger partial charge on any atom is -0.465 e. The third kappa shape index (κ3) is 8.52. The van der Waals surface area contributed by atoms with Crippen LogP contribution in [0.1, 0.15) is 105 Å². The fourth-order valence-electron chi connectivity index (χ4n) is 4.00. The van der Waals surface area contributed by atoms with E-state index in [-0.39, 0.29) is 6.61 Å². The van der Waals surface area contributed by atoms with Gasteiger partial charge in [0.2, 0.25) is 0 Å². The van der Waals surface area contributed by atoms with Crippen LogP contribution < -0.4 is 0 Å². The smallest absolute Gasteiger partial charge is 0.410 e. The van der Waals surface area contributed by atoms with Gasteiger partial charge in [-0.25, -0.2) is 4.79 Å². The number of nitrogens with zero attached hydrogens (tertiary/aromatic N) is 1. The van der Waals surface area contributed by atoms with Crippen LogP contribution in [0.4, 0.5) is 4.79 Å². The highest BCUT2D eigenvalue weighted by atomic mass is 16.5. The van der Waals surface area contributed by atoms with Crippen molar-refractivity contribution in [3.05, 3.63) is 11.6 Å². The molecule has 28 heavy (non-hydrogen) atoms. The maximum Gasteiger partial charge on any atom is 0.410 e. The average molecular weight is 398 g/mol. The van der Waals surface area contributed by atoms with E-state index in [1.165, 1.54) is 69.1 Å². The summed E-state index contributed by atoms with van der Waals surface area (Å²) in [6, 6.07) is -0.541. The normalized spacial score (nSPS) is 20.5. The molecule has 0 bridgehead atoms. The van der Waals surface area contributed by atoms with E-state index in [4.69, 9.17) is 4.74 Å². The number of rotatable bonds is 14. The molecule has 2 N–H and O–H groups in total. The molecule has 1 rings (SSSR count). The minimum absolute atomic E-state index is 0.226. The fourth-order valence-corrected chi connectivity index (χ4v) is 4.00. The Bertz CT molecular complexity index is 475. The van der Waals surface area contributed by atoms with E-state index in [1.54, 1.807) is 13.8 Å². The molecule has 0 aromatic heterocycles. The van der Waals surface area contributed by atoms with Crippen LogP contribution in [0.5, 0.6) is 0 Å². The van der Waals surface area contributed by atoms with Crippen molar-refractivity contribution in [3.8, 4) is 0 Å². The van der Waals surface area contributed by atoms with Gasteiger partial charge in [-0.1, -0.05) is 77.2 Å². The van der Waals surface area contributed by atoms with E-state index >= 15 is 0 Å². The van der Waals surface area contributed by atoms with E-state index in [9.17, 15) is 15.0 Å². The molecule has 0 unspecified atom stereocenters. The number of carbonyl (C=O) groups is 1. The second kappa shape index (κ2) is 13.2. The first-order valence-corrected chi connectivity index (χ1v) is 11.3. The van der Waals surface area contributed by atoms with Crippen molar-refractivity contribution >= 4 is 6.09 Å². The van der Waals surface area contributed by atoms with Crippen LogP contribution >= 0.6 is 0 Å². The molecule has 1 aliphatic heterocycles. The van der Waals surface area contributed by atoms with E-state index in [1.807, 2.05) is 6.92 Å². The molecule has 164 valence electrons. The standard InChI is InChI=1S/C23H43NO4/c1-5-6-7-8-9-10-11-12-13-14-15-16-17-19(2)21(25)20-18-28-23(3,4)24(20)22(26)27/h17,20-21,25H,5-16,18H2,1-4H3,(H,26,27)/b19-17-/t20-,21+/m0/s1. The summed E-state index contributed by atoms with van der Waals surface area (Å²) in [7, 11) is 0. The predicted octanol–water partition coefficient (Wildman–Crippen LogP) is 6.11. The van der Waals surface area contributed by atoms with Crippen molar-refractivity contribution in [2.24, 2.45) is 0 Å². The number of amides is 1. The van der Waals surface area contributed by atoms with Gasteiger partial charge in [0.05, 0.1) is 18.8 Å². The van der Waals surface area contributed by atoms with Gasteiger partial charge in [0.1, 0.15) is 5.72 Å². The van der Waals surface area contributed by atoms with Gasteiger partial charge in [-0.3, -0.25) is 4.90 Å². The van der Waals surface area contributed by atoms with Crippen LogP contribution in [0.3, 0.4) is 0 Å². The number of aliphatic hydroxyl groups excluding tert-OH is 1. The zero-order valence-electron chi connectivity index (χ0n) is 18.6. The van der Waals surface area contributed by atoms with E-state index in [0.717, 1.165) is 18.4 Å². The zero-order chi connectivity index (χ0) is 21.0. The summed E-state index contributed by atoms with van der Waals surface area (Å²) in [5, 5.41) is 20.0. The molecule has 1 amide bonds. The molecular weight excluding hydrogens is 354 g/mol. The molecule has 1 heterocycles. The van der Waals surface area contributed by atoms with Crippen LogP contribution in [0.25, 0.3) is 0 Å². The Morgan fingerprint density at radius 2 is 1.57 bits per heavy atom. The number of ether oxygens (including phenoxy) is 1. The maximum absolute atomic E-state index is 11.5. The van der Waals surface area contributed by atoms with Gasteiger partial charge in [-0.2, -0.15) is 0 Å². The molecule has 1 saturated heterocycles. The van der Waals surface area contributed by atoms with Crippen molar-refractivity contribution in [1.82, 2.24) is 4.90 Å². The number of carboxylic acid groups (broad SMARTS) is 1. The van der Waals surface area contributed by atoms with E-state index < -0.39 is 24.0 Å². The lowest BCUT2D eigenvalue weighted by molar-refractivity contribution is -0.0452. The molecule has 2 atom stereocenters. The molecule has 0 aliphatic carbocycles. The van der Waals surface area contributed by atoms with Crippen LogP contribution in [0.2, 0.25) is 0 Å². The molecule has 0 saturated carbocycles. The Morgan fingerprint density at radius 1 is 1.07 bits per heavy atom. The number of hydrogen-bond acceptors (Lipinski definition) is 3. The Labute approximate surface area is 172 Å². The van der Waals surface area contributed by atoms with Crippen molar-refractivity contribution in [2.75, 3.05) is 6.61 Å². The van der Waals surface area contributed by atoms with Gasteiger partial charge in [-0.15, -0.1) is 0 Å². The monoisotopic (exact) mass is 397 g/mol. The SMILES string of the molecule is CCCCCCCCCCCCC/C=C(/C)[C@@H](O)[C@@H]1COC(C)(C)N1C(=O)O. The molecule has 1 fully saturated rings. The van der Waals surface area contributed by atoms with E-state index in [2.05, 4.69) is 13.0 Å². The second-order valence-corrected chi connectivity index (χ2v) is 8.69. The van der Waals surface area contributed by atoms with Crippen LogP contribution in [0, 0.1) is 0 Å². The number of hydrogen-bond donors (Lipinski definition) is 2. The van der Waals surface area contributed by atoms with Crippen LogP contribution in [0.15, 0.2) is 11.6 Å². The van der Waals surface area contributed by atoms with Crippen molar-refractivity contribution in [3.63, 3.8) is 0 Å². The zero-order valence-corrected chi connectivity index (χ0v) is 18.6. The maximum atomic E-state index is 11.5. The lowest BCUT2D eigenvalue weighted by Gasteiger charge is -2.33. The summed E-state index contributed by atoms with van der Waals surface area (Å²) in [4.78, 5) is 12.8. The topological polar surface area (TPSA) is 70.0 Å². The Balaban J connectivity index is 2.19. The number of allylic oxidation sites excluding steroid dienone is 1. The lowest BCUT2D eigenvalue weighted by atomic mass is 10.0. The first-order valence-electron chi connectivity index (χ1n) is 11.3. The highest BCUT2D eigenvalue weighted by Gasteiger charge is 2.47. The van der Waals surface area contributed by atoms with Crippen LogP contribution in [-0.4, -0.2) is 45.7 Å². The molecule has 5 nitrogen and oxygen atoms in total. The molecule has 0 radical (unpaired) electrons. The Hall–Kier alpha value is -1.07. The predicted molar refractivity (Wildman–Crippen MR) is 115 cm³/mol.